The third-order valence-corrected chi connectivity index (χ3v) is 6.55. The maximum atomic E-state index is 12.1. The fraction of sp³-hybridized carbons (Fsp3) is 0.579. The Labute approximate surface area is 158 Å². The Morgan fingerprint density at radius 1 is 1.41 bits per heavy atom. The number of hydrogen-bond acceptors (Lipinski definition) is 6. The minimum atomic E-state index is -0.575. The molecule has 0 aromatic heterocycles. The van der Waals surface area contributed by atoms with Crippen LogP contribution < -0.4 is 14.9 Å². The van der Waals surface area contributed by atoms with Gasteiger partial charge < -0.3 is 9.47 Å². The van der Waals surface area contributed by atoms with Gasteiger partial charge in [0.2, 0.25) is 0 Å². The number of rotatable bonds is 6. The molecule has 1 aromatic rings. The molecule has 2 fully saturated rings. The van der Waals surface area contributed by atoms with E-state index in [1.807, 2.05) is 0 Å². The van der Waals surface area contributed by atoms with Crippen molar-refractivity contribution in [1.29, 1.82) is 0 Å². The standard InChI is InChI=1S/C19H25N3O5/c1-18(2)12-7-8-19(18,3)16(9-12)20-21-17(23)11-27-15-6-5-13(26-4)10-14(15)22(24)25/h5-6,10,12H,7-9,11H2,1-4H3,(H,21,23). The van der Waals surface area contributed by atoms with Crippen molar-refractivity contribution in [2.24, 2.45) is 21.8 Å². The number of hydrogen-bond donors (Lipinski definition) is 1. The number of carbonyl (C=O) groups is 1. The summed E-state index contributed by atoms with van der Waals surface area (Å²) in [5.74, 6) is 0.502. The number of nitro groups is 1. The number of methoxy groups -OCH3 is 1. The molecule has 8 nitrogen and oxygen atoms in total. The highest BCUT2D eigenvalue weighted by Crippen LogP contribution is 2.63. The van der Waals surface area contributed by atoms with E-state index >= 15 is 0 Å². The van der Waals surface area contributed by atoms with Crippen LogP contribution >= 0.6 is 0 Å². The third kappa shape index (κ3) is 3.24. The van der Waals surface area contributed by atoms with Gasteiger partial charge in [-0.3, -0.25) is 14.9 Å². The van der Waals surface area contributed by atoms with E-state index < -0.39 is 10.8 Å². The van der Waals surface area contributed by atoms with Crippen LogP contribution in [0.5, 0.6) is 11.5 Å². The number of ether oxygens (including phenoxy) is 2. The molecule has 2 saturated carbocycles. The molecule has 27 heavy (non-hydrogen) atoms. The molecule has 1 amide bonds. The molecule has 0 saturated heterocycles. The summed E-state index contributed by atoms with van der Waals surface area (Å²) in [5, 5.41) is 15.5. The third-order valence-electron chi connectivity index (χ3n) is 6.55. The lowest BCUT2D eigenvalue weighted by Crippen LogP contribution is -2.35. The van der Waals surface area contributed by atoms with Gasteiger partial charge in [-0.25, -0.2) is 5.43 Å². The molecule has 2 bridgehead atoms. The van der Waals surface area contributed by atoms with Gasteiger partial charge in [0.15, 0.2) is 12.4 Å². The zero-order valence-electron chi connectivity index (χ0n) is 16.1. The lowest BCUT2D eigenvalue weighted by atomic mass is 9.70. The number of hydrazone groups is 1. The maximum absolute atomic E-state index is 12.1. The summed E-state index contributed by atoms with van der Waals surface area (Å²) in [7, 11) is 1.42. The summed E-state index contributed by atoms with van der Waals surface area (Å²) in [5.41, 5.74) is 3.49. The summed E-state index contributed by atoms with van der Waals surface area (Å²) in [6.07, 6.45) is 3.17. The van der Waals surface area contributed by atoms with Crippen LogP contribution in [0.2, 0.25) is 0 Å². The first-order valence-electron chi connectivity index (χ1n) is 9.00. The Morgan fingerprint density at radius 2 is 2.15 bits per heavy atom. The van der Waals surface area contributed by atoms with Gasteiger partial charge in [-0.05, 0) is 42.7 Å². The molecule has 2 atom stereocenters. The zero-order valence-corrected chi connectivity index (χ0v) is 16.1. The smallest absolute Gasteiger partial charge is 0.314 e. The van der Waals surface area contributed by atoms with Gasteiger partial charge in [0, 0.05) is 11.1 Å². The molecule has 146 valence electrons. The molecule has 0 heterocycles. The molecular formula is C19H25N3O5. The lowest BCUT2D eigenvalue weighted by molar-refractivity contribution is -0.385. The first-order chi connectivity index (χ1) is 12.7. The van der Waals surface area contributed by atoms with Gasteiger partial charge >= 0.3 is 5.69 Å². The van der Waals surface area contributed by atoms with E-state index in [1.165, 1.54) is 25.7 Å². The summed E-state index contributed by atoms with van der Waals surface area (Å²) in [4.78, 5) is 22.7. The summed E-state index contributed by atoms with van der Waals surface area (Å²) in [6.45, 7) is 6.39. The van der Waals surface area contributed by atoms with Crippen LogP contribution in [0, 0.1) is 26.9 Å². The van der Waals surface area contributed by atoms with Crippen LogP contribution in [0.15, 0.2) is 23.3 Å². The van der Waals surface area contributed by atoms with E-state index in [0.717, 1.165) is 18.6 Å². The molecule has 0 aliphatic heterocycles. The van der Waals surface area contributed by atoms with E-state index in [2.05, 4.69) is 31.3 Å². The van der Waals surface area contributed by atoms with Crippen molar-refractivity contribution >= 4 is 17.3 Å². The number of nitrogens with one attached hydrogen (secondary N) is 1. The number of benzene rings is 1. The summed E-state index contributed by atoms with van der Waals surface area (Å²) >= 11 is 0. The second kappa shape index (κ2) is 6.83. The molecule has 0 radical (unpaired) electrons. The first kappa shape index (κ1) is 19.1. The van der Waals surface area contributed by atoms with Gasteiger partial charge in [0.25, 0.3) is 5.91 Å². The Kier molecular flexibility index (Phi) is 4.84. The van der Waals surface area contributed by atoms with Gasteiger partial charge in [-0.2, -0.15) is 5.10 Å². The minimum Gasteiger partial charge on any atom is -0.496 e. The van der Waals surface area contributed by atoms with E-state index in [1.54, 1.807) is 6.07 Å². The predicted molar refractivity (Wildman–Crippen MR) is 100.0 cm³/mol. The Morgan fingerprint density at radius 3 is 2.70 bits per heavy atom. The largest absolute Gasteiger partial charge is 0.496 e. The number of nitro benzene ring substituents is 1. The minimum absolute atomic E-state index is 0.000569. The molecule has 1 N–H and O–H groups in total. The highest BCUT2D eigenvalue weighted by Gasteiger charge is 2.60. The SMILES string of the molecule is COc1ccc(OCC(=O)NN=C2CC3CCC2(C)C3(C)C)c([N+](=O)[O-])c1. The first-order valence-corrected chi connectivity index (χ1v) is 9.00. The quantitative estimate of drug-likeness (QED) is 0.607. The average molecular weight is 375 g/mol. The van der Waals surface area contributed by atoms with Crippen molar-refractivity contribution in [3.8, 4) is 11.5 Å². The maximum Gasteiger partial charge on any atom is 0.314 e. The fourth-order valence-electron chi connectivity index (χ4n) is 4.29. The van der Waals surface area contributed by atoms with Crippen LogP contribution in [0.1, 0.15) is 40.0 Å². The van der Waals surface area contributed by atoms with Crippen molar-refractivity contribution in [1.82, 2.24) is 5.43 Å². The topological polar surface area (TPSA) is 103 Å². The summed E-state index contributed by atoms with van der Waals surface area (Å²) in [6, 6.07) is 4.21. The normalized spacial score (nSPS) is 26.8. The van der Waals surface area contributed by atoms with E-state index in [4.69, 9.17) is 9.47 Å². The van der Waals surface area contributed by atoms with Crippen LogP contribution in [0.25, 0.3) is 0 Å². The van der Waals surface area contributed by atoms with E-state index in [0.29, 0.717) is 11.7 Å². The van der Waals surface area contributed by atoms with Crippen molar-refractivity contribution in [2.45, 2.75) is 40.0 Å². The second-order valence-electron chi connectivity index (χ2n) is 7.97. The summed E-state index contributed by atoms with van der Waals surface area (Å²) < 4.78 is 10.3. The van der Waals surface area contributed by atoms with Crippen LogP contribution in [0.4, 0.5) is 5.69 Å². The molecule has 3 rings (SSSR count). The predicted octanol–water partition coefficient (Wildman–Crippen LogP) is 3.30. The van der Waals surface area contributed by atoms with Crippen molar-refractivity contribution in [3.05, 3.63) is 28.3 Å². The Bertz CT molecular complexity index is 805. The monoisotopic (exact) mass is 375 g/mol. The molecule has 2 aliphatic rings. The molecule has 2 unspecified atom stereocenters. The highest BCUT2D eigenvalue weighted by atomic mass is 16.6. The molecular weight excluding hydrogens is 350 g/mol. The Hall–Kier alpha value is -2.64. The van der Waals surface area contributed by atoms with Crippen LogP contribution in [-0.4, -0.2) is 30.3 Å². The van der Waals surface area contributed by atoms with E-state index in [-0.39, 0.29) is 28.9 Å². The lowest BCUT2D eigenvalue weighted by Gasteiger charge is -2.34. The van der Waals surface area contributed by atoms with Crippen molar-refractivity contribution in [3.63, 3.8) is 0 Å². The molecule has 8 heteroatoms. The zero-order chi connectivity index (χ0) is 19.8. The van der Waals surface area contributed by atoms with Crippen LogP contribution in [-0.2, 0) is 4.79 Å². The van der Waals surface area contributed by atoms with Gasteiger partial charge in [-0.1, -0.05) is 20.8 Å². The van der Waals surface area contributed by atoms with Crippen molar-refractivity contribution in [2.75, 3.05) is 13.7 Å². The van der Waals surface area contributed by atoms with Crippen LogP contribution in [0.3, 0.4) is 0 Å². The highest BCUT2D eigenvalue weighted by molar-refractivity contribution is 5.95. The Balaban J connectivity index is 1.62. The van der Waals surface area contributed by atoms with E-state index in [9.17, 15) is 14.9 Å². The number of fused-ring (bicyclic) bond motifs is 2. The molecule has 0 spiro atoms. The van der Waals surface area contributed by atoms with Crippen molar-refractivity contribution < 1.29 is 19.2 Å². The number of carbonyl (C=O) groups excluding carboxylic acids is 1. The molecule has 1 aromatic carbocycles. The number of amides is 1. The van der Waals surface area contributed by atoms with Gasteiger partial charge in [-0.15, -0.1) is 0 Å². The second-order valence-corrected chi connectivity index (χ2v) is 7.97. The molecule has 2 aliphatic carbocycles. The van der Waals surface area contributed by atoms with Gasteiger partial charge in [0.1, 0.15) is 5.75 Å². The average Bonchev–Trinajstić information content (AvgIpc) is 2.97. The van der Waals surface area contributed by atoms with Gasteiger partial charge in [0.05, 0.1) is 18.1 Å². The fourth-order valence-corrected chi connectivity index (χ4v) is 4.29. The number of nitrogens with zero attached hydrogens (tertiary/aromatic N) is 2.